The van der Waals surface area contributed by atoms with Gasteiger partial charge in [-0.1, -0.05) is 97.8 Å². The van der Waals surface area contributed by atoms with Gasteiger partial charge in [0, 0.05) is 12.8 Å². The van der Waals surface area contributed by atoms with Crippen LogP contribution in [0.5, 0.6) is 0 Å². The third kappa shape index (κ3) is 21.5. The molecule has 0 radical (unpaired) electrons. The van der Waals surface area contributed by atoms with Crippen molar-refractivity contribution in [2.24, 2.45) is 5.92 Å². The Balaban J connectivity index is 3.48. The number of hydrogen-bond donors (Lipinski definition) is 0. The van der Waals surface area contributed by atoms with Gasteiger partial charge in [-0.05, 0) is 25.2 Å². The molecule has 0 bridgehead atoms. The fraction of sp³-hybridized carbons (Fsp3) is 0.920. The summed E-state index contributed by atoms with van der Waals surface area (Å²) in [5.41, 5.74) is 0. The van der Waals surface area contributed by atoms with Crippen molar-refractivity contribution in [3.05, 3.63) is 0 Å². The van der Waals surface area contributed by atoms with Crippen LogP contribution >= 0.6 is 0 Å². The monoisotopic (exact) mass is 412 g/mol. The highest BCUT2D eigenvalue weighted by Crippen LogP contribution is 2.13. The van der Waals surface area contributed by atoms with Gasteiger partial charge in [0.05, 0.1) is 13.2 Å². The average Bonchev–Trinajstić information content (AvgIpc) is 2.70. The van der Waals surface area contributed by atoms with Crippen LogP contribution in [0.4, 0.5) is 0 Å². The molecule has 0 aliphatic rings. The maximum Gasteiger partial charge on any atom is 0.306 e. The number of carbonyl (C=O) groups is 2. The summed E-state index contributed by atoms with van der Waals surface area (Å²) < 4.78 is 10.6. The summed E-state index contributed by atoms with van der Waals surface area (Å²) in [5, 5.41) is 0. The molecule has 0 aromatic carbocycles. The zero-order valence-electron chi connectivity index (χ0n) is 19.6. The topological polar surface area (TPSA) is 52.6 Å². The summed E-state index contributed by atoms with van der Waals surface area (Å²) >= 11 is 0. The highest BCUT2D eigenvalue weighted by molar-refractivity contribution is 5.70. The van der Waals surface area contributed by atoms with Gasteiger partial charge in [0.2, 0.25) is 0 Å². The molecule has 1 unspecified atom stereocenters. The van der Waals surface area contributed by atoms with E-state index in [9.17, 15) is 9.59 Å². The standard InChI is InChI=1S/C25H48O4/c1-4-6-8-10-12-14-16-20-28-24(26)19-18-23(3)22-25(27)29-21-17-15-13-11-9-7-5-2/h23H,4-22H2,1-3H3. The Hall–Kier alpha value is -1.06. The van der Waals surface area contributed by atoms with Crippen molar-refractivity contribution in [2.75, 3.05) is 13.2 Å². The number of esters is 2. The molecule has 4 heteroatoms. The van der Waals surface area contributed by atoms with Gasteiger partial charge in [0.25, 0.3) is 0 Å². The lowest BCUT2D eigenvalue weighted by molar-refractivity contribution is -0.147. The SMILES string of the molecule is CCCCCCCCCOC(=O)CCC(C)CC(=O)OCCCCCCCCC. The first kappa shape index (κ1) is 27.9. The van der Waals surface area contributed by atoms with E-state index in [0.717, 1.165) is 25.7 Å². The van der Waals surface area contributed by atoms with E-state index >= 15 is 0 Å². The second-order valence-corrected chi connectivity index (χ2v) is 8.53. The third-order valence-corrected chi connectivity index (χ3v) is 5.38. The Morgan fingerprint density at radius 2 is 1.03 bits per heavy atom. The normalized spacial score (nSPS) is 12.0. The molecule has 0 aromatic heterocycles. The minimum absolute atomic E-state index is 0.139. The summed E-state index contributed by atoms with van der Waals surface area (Å²) in [5.74, 6) is -0.123. The first-order chi connectivity index (χ1) is 14.1. The predicted molar refractivity (Wildman–Crippen MR) is 121 cm³/mol. The molecule has 29 heavy (non-hydrogen) atoms. The lowest BCUT2D eigenvalue weighted by Gasteiger charge is -2.11. The quantitative estimate of drug-likeness (QED) is 0.146. The van der Waals surface area contributed by atoms with Crippen molar-refractivity contribution in [1.29, 1.82) is 0 Å². The molecule has 0 fully saturated rings. The Morgan fingerprint density at radius 3 is 1.52 bits per heavy atom. The Labute approximate surface area is 180 Å². The molecule has 0 aliphatic heterocycles. The first-order valence-corrected chi connectivity index (χ1v) is 12.4. The lowest BCUT2D eigenvalue weighted by Crippen LogP contribution is -2.13. The average molecular weight is 413 g/mol. The molecule has 172 valence electrons. The van der Waals surface area contributed by atoms with E-state index in [2.05, 4.69) is 13.8 Å². The summed E-state index contributed by atoms with van der Waals surface area (Å²) in [7, 11) is 0. The fourth-order valence-corrected chi connectivity index (χ4v) is 3.37. The zero-order valence-corrected chi connectivity index (χ0v) is 19.6. The van der Waals surface area contributed by atoms with Crippen LogP contribution in [0.2, 0.25) is 0 Å². The van der Waals surface area contributed by atoms with E-state index in [0.29, 0.717) is 32.5 Å². The van der Waals surface area contributed by atoms with Crippen LogP contribution in [-0.2, 0) is 19.1 Å². The van der Waals surface area contributed by atoms with Gasteiger partial charge in [-0.15, -0.1) is 0 Å². The van der Waals surface area contributed by atoms with Crippen LogP contribution in [0.15, 0.2) is 0 Å². The number of unbranched alkanes of at least 4 members (excludes halogenated alkanes) is 12. The number of ether oxygens (including phenoxy) is 2. The van der Waals surface area contributed by atoms with Crippen LogP contribution in [0.25, 0.3) is 0 Å². The molecule has 0 aromatic rings. The van der Waals surface area contributed by atoms with Gasteiger partial charge < -0.3 is 9.47 Å². The molecule has 0 saturated carbocycles. The van der Waals surface area contributed by atoms with Gasteiger partial charge in [0.1, 0.15) is 0 Å². The molecule has 0 saturated heterocycles. The van der Waals surface area contributed by atoms with Crippen molar-refractivity contribution < 1.29 is 19.1 Å². The molecule has 0 N–H and O–H groups in total. The van der Waals surface area contributed by atoms with E-state index in [4.69, 9.17) is 9.47 Å². The second-order valence-electron chi connectivity index (χ2n) is 8.53. The van der Waals surface area contributed by atoms with Crippen molar-refractivity contribution in [3.63, 3.8) is 0 Å². The summed E-state index contributed by atoms with van der Waals surface area (Å²) in [6.45, 7) is 7.50. The van der Waals surface area contributed by atoms with Crippen LogP contribution in [-0.4, -0.2) is 25.2 Å². The fourth-order valence-electron chi connectivity index (χ4n) is 3.37. The predicted octanol–water partition coefficient (Wildman–Crippen LogP) is 7.38. The Kier molecular flexibility index (Phi) is 20.9. The van der Waals surface area contributed by atoms with E-state index < -0.39 is 0 Å². The van der Waals surface area contributed by atoms with Gasteiger partial charge >= 0.3 is 11.9 Å². The van der Waals surface area contributed by atoms with Crippen LogP contribution in [0.1, 0.15) is 130 Å². The number of hydrogen-bond acceptors (Lipinski definition) is 4. The summed E-state index contributed by atoms with van der Waals surface area (Å²) in [6.07, 6.45) is 18.5. The minimum atomic E-state index is -0.140. The van der Waals surface area contributed by atoms with E-state index in [1.54, 1.807) is 0 Å². The minimum Gasteiger partial charge on any atom is -0.466 e. The van der Waals surface area contributed by atoms with Gasteiger partial charge in [0.15, 0.2) is 0 Å². The van der Waals surface area contributed by atoms with Crippen molar-refractivity contribution >= 4 is 11.9 Å². The number of carbonyl (C=O) groups excluding carboxylic acids is 2. The lowest BCUT2D eigenvalue weighted by atomic mass is 10.0. The highest BCUT2D eigenvalue weighted by Gasteiger charge is 2.13. The molecule has 0 heterocycles. The van der Waals surface area contributed by atoms with E-state index in [1.807, 2.05) is 6.92 Å². The Morgan fingerprint density at radius 1 is 0.621 bits per heavy atom. The first-order valence-electron chi connectivity index (χ1n) is 12.4. The van der Waals surface area contributed by atoms with Crippen LogP contribution in [0, 0.1) is 5.92 Å². The van der Waals surface area contributed by atoms with Gasteiger partial charge in [-0.25, -0.2) is 0 Å². The molecule has 0 rings (SSSR count). The molecular formula is C25H48O4. The van der Waals surface area contributed by atoms with E-state index in [-0.39, 0.29) is 17.9 Å². The highest BCUT2D eigenvalue weighted by atomic mass is 16.5. The molecule has 1 atom stereocenters. The zero-order chi connectivity index (χ0) is 21.6. The van der Waals surface area contributed by atoms with Crippen molar-refractivity contribution in [1.82, 2.24) is 0 Å². The maximum atomic E-state index is 11.9. The smallest absolute Gasteiger partial charge is 0.306 e. The van der Waals surface area contributed by atoms with Crippen molar-refractivity contribution in [3.8, 4) is 0 Å². The van der Waals surface area contributed by atoms with Crippen LogP contribution < -0.4 is 0 Å². The van der Waals surface area contributed by atoms with Gasteiger partial charge in [-0.3, -0.25) is 9.59 Å². The van der Waals surface area contributed by atoms with Gasteiger partial charge in [-0.2, -0.15) is 0 Å². The summed E-state index contributed by atoms with van der Waals surface area (Å²) in [4.78, 5) is 23.7. The van der Waals surface area contributed by atoms with E-state index in [1.165, 1.54) is 64.2 Å². The molecular weight excluding hydrogens is 364 g/mol. The molecule has 0 amide bonds. The van der Waals surface area contributed by atoms with Crippen LogP contribution in [0.3, 0.4) is 0 Å². The van der Waals surface area contributed by atoms with Crippen molar-refractivity contribution in [2.45, 2.75) is 130 Å². The summed E-state index contributed by atoms with van der Waals surface area (Å²) in [6, 6.07) is 0. The molecule has 0 spiro atoms. The largest absolute Gasteiger partial charge is 0.466 e. The maximum absolute atomic E-state index is 11.9. The molecule has 0 aliphatic carbocycles. The third-order valence-electron chi connectivity index (χ3n) is 5.38. The molecule has 4 nitrogen and oxygen atoms in total. The second kappa shape index (κ2) is 21.6. The number of rotatable bonds is 21. The Bertz CT molecular complexity index is 381.